The van der Waals surface area contributed by atoms with E-state index in [1.54, 1.807) is 12.5 Å². The molecule has 0 aromatic carbocycles. The SMILES string of the molecule is CC(C)C(CNc1nccc2c1ncn2C)C(=O)O. The van der Waals surface area contributed by atoms with Crippen LogP contribution in [-0.4, -0.2) is 32.2 Å². The highest BCUT2D eigenvalue weighted by Gasteiger charge is 2.21. The first kappa shape index (κ1) is 13.3. The summed E-state index contributed by atoms with van der Waals surface area (Å²) in [4.78, 5) is 19.7. The zero-order valence-electron chi connectivity index (χ0n) is 11.3. The number of hydrogen-bond acceptors (Lipinski definition) is 4. The third-order valence-electron chi connectivity index (χ3n) is 3.25. The Balaban J connectivity index is 2.20. The standard InChI is InChI=1S/C13H18N4O2/c1-8(2)9(13(18)19)6-15-12-11-10(4-5-14-12)17(3)7-16-11/h4-5,7-9H,6H2,1-3H3,(H,14,15)(H,18,19). The fraction of sp³-hybridized carbons (Fsp3) is 0.462. The van der Waals surface area contributed by atoms with Gasteiger partial charge in [-0.25, -0.2) is 9.97 Å². The lowest BCUT2D eigenvalue weighted by Gasteiger charge is -2.17. The van der Waals surface area contributed by atoms with Gasteiger partial charge < -0.3 is 15.0 Å². The van der Waals surface area contributed by atoms with Crippen molar-refractivity contribution >= 4 is 22.8 Å². The summed E-state index contributed by atoms with van der Waals surface area (Å²) in [6.07, 6.45) is 3.41. The number of carbonyl (C=O) groups is 1. The predicted molar refractivity (Wildman–Crippen MR) is 73.0 cm³/mol. The van der Waals surface area contributed by atoms with Crippen LogP contribution in [0.25, 0.3) is 11.0 Å². The highest BCUT2D eigenvalue weighted by molar-refractivity contribution is 5.85. The molecule has 2 aromatic rings. The summed E-state index contributed by atoms with van der Waals surface area (Å²) in [7, 11) is 1.91. The molecule has 0 bridgehead atoms. The van der Waals surface area contributed by atoms with Gasteiger partial charge in [-0.1, -0.05) is 13.8 Å². The normalized spacial score (nSPS) is 12.8. The van der Waals surface area contributed by atoms with E-state index in [1.165, 1.54) is 0 Å². The lowest BCUT2D eigenvalue weighted by Crippen LogP contribution is -2.27. The summed E-state index contributed by atoms with van der Waals surface area (Å²) < 4.78 is 1.90. The molecule has 6 heteroatoms. The predicted octanol–water partition coefficient (Wildman–Crippen LogP) is 1.74. The van der Waals surface area contributed by atoms with Gasteiger partial charge in [-0.15, -0.1) is 0 Å². The van der Waals surface area contributed by atoms with Crippen molar-refractivity contribution in [2.75, 3.05) is 11.9 Å². The molecule has 2 heterocycles. The van der Waals surface area contributed by atoms with Crippen LogP contribution < -0.4 is 5.32 Å². The molecular weight excluding hydrogens is 244 g/mol. The first-order chi connectivity index (χ1) is 9.00. The molecule has 0 radical (unpaired) electrons. The number of aromatic nitrogens is 3. The van der Waals surface area contributed by atoms with Crippen molar-refractivity contribution in [3.05, 3.63) is 18.6 Å². The zero-order chi connectivity index (χ0) is 14.0. The second kappa shape index (κ2) is 5.26. The summed E-state index contributed by atoms with van der Waals surface area (Å²) in [6.45, 7) is 4.14. The molecule has 0 saturated heterocycles. The van der Waals surface area contributed by atoms with Gasteiger partial charge in [-0.3, -0.25) is 4.79 Å². The monoisotopic (exact) mass is 262 g/mol. The largest absolute Gasteiger partial charge is 0.481 e. The van der Waals surface area contributed by atoms with E-state index in [4.69, 9.17) is 5.11 Å². The van der Waals surface area contributed by atoms with Gasteiger partial charge in [0.05, 0.1) is 17.8 Å². The Hall–Kier alpha value is -2.11. The van der Waals surface area contributed by atoms with E-state index in [9.17, 15) is 4.79 Å². The first-order valence-electron chi connectivity index (χ1n) is 6.23. The fourth-order valence-electron chi connectivity index (χ4n) is 2.01. The maximum Gasteiger partial charge on any atom is 0.308 e. The van der Waals surface area contributed by atoms with E-state index in [-0.39, 0.29) is 5.92 Å². The third-order valence-corrected chi connectivity index (χ3v) is 3.25. The highest BCUT2D eigenvalue weighted by Crippen LogP contribution is 2.20. The fourth-order valence-corrected chi connectivity index (χ4v) is 2.01. The maximum atomic E-state index is 11.1. The van der Waals surface area contributed by atoms with Crippen LogP contribution in [0.4, 0.5) is 5.82 Å². The minimum Gasteiger partial charge on any atom is -0.481 e. The molecule has 0 spiro atoms. The third kappa shape index (κ3) is 2.67. The van der Waals surface area contributed by atoms with Gasteiger partial charge in [0.25, 0.3) is 0 Å². The molecular formula is C13H18N4O2. The number of pyridine rings is 1. The number of rotatable bonds is 5. The number of aryl methyl sites for hydroxylation is 1. The van der Waals surface area contributed by atoms with Gasteiger partial charge in [0.15, 0.2) is 5.82 Å². The Morgan fingerprint density at radius 3 is 2.84 bits per heavy atom. The molecule has 0 saturated carbocycles. The van der Waals surface area contributed by atoms with Crippen LogP contribution >= 0.6 is 0 Å². The summed E-state index contributed by atoms with van der Waals surface area (Å²) in [6, 6.07) is 1.88. The summed E-state index contributed by atoms with van der Waals surface area (Å²) in [5.74, 6) is -0.547. The highest BCUT2D eigenvalue weighted by atomic mass is 16.4. The Morgan fingerprint density at radius 2 is 2.21 bits per heavy atom. The van der Waals surface area contributed by atoms with Gasteiger partial charge in [0.2, 0.25) is 0 Å². The van der Waals surface area contributed by atoms with Crippen LogP contribution in [0.15, 0.2) is 18.6 Å². The Kier molecular flexibility index (Phi) is 3.69. The van der Waals surface area contributed by atoms with Gasteiger partial charge >= 0.3 is 5.97 Å². The average Bonchev–Trinajstić information content (AvgIpc) is 2.71. The van der Waals surface area contributed by atoms with Crippen molar-refractivity contribution in [1.29, 1.82) is 0 Å². The second-order valence-corrected chi connectivity index (χ2v) is 4.95. The summed E-state index contributed by atoms with van der Waals surface area (Å²) in [5.41, 5.74) is 1.73. The van der Waals surface area contributed by atoms with Crippen molar-refractivity contribution in [2.45, 2.75) is 13.8 Å². The minimum absolute atomic E-state index is 0.0629. The van der Waals surface area contributed by atoms with Crippen LogP contribution in [0, 0.1) is 11.8 Å². The smallest absolute Gasteiger partial charge is 0.308 e. The molecule has 0 fully saturated rings. The second-order valence-electron chi connectivity index (χ2n) is 4.95. The van der Waals surface area contributed by atoms with Gasteiger partial charge in [0.1, 0.15) is 5.52 Å². The molecule has 2 rings (SSSR count). The van der Waals surface area contributed by atoms with Crippen LogP contribution in [0.3, 0.4) is 0 Å². The number of fused-ring (bicyclic) bond motifs is 1. The molecule has 6 nitrogen and oxygen atoms in total. The van der Waals surface area contributed by atoms with E-state index >= 15 is 0 Å². The number of carboxylic acid groups (broad SMARTS) is 1. The van der Waals surface area contributed by atoms with E-state index in [0.29, 0.717) is 12.4 Å². The van der Waals surface area contributed by atoms with E-state index in [2.05, 4.69) is 15.3 Å². The van der Waals surface area contributed by atoms with Crippen LogP contribution in [-0.2, 0) is 11.8 Å². The number of aliphatic carboxylic acids is 1. The Morgan fingerprint density at radius 1 is 1.47 bits per heavy atom. The van der Waals surface area contributed by atoms with Crippen molar-refractivity contribution < 1.29 is 9.90 Å². The number of imidazole rings is 1. The molecule has 0 aliphatic rings. The quantitative estimate of drug-likeness (QED) is 0.858. The maximum absolute atomic E-state index is 11.1. The number of carboxylic acids is 1. The summed E-state index contributed by atoms with van der Waals surface area (Å²) >= 11 is 0. The molecule has 1 atom stereocenters. The average molecular weight is 262 g/mol. The van der Waals surface area contributed by atoms with E-state index in [1.807, 2.05) is 31.5 Å². The van der Waals surface area contributed by atoms with Gasteiger partial charge in [0, 0.05) is 19.8 Å². The Labute approximate surface area is 111 Å². The lowest BCUT2D eigenvalue weighted by atomic mass is 9.96. The summed E-state index contributed by atoms with van der Waals surface area (Å²) in [5, 5.41) is 12.3. The first-order valence-corrected chi connectivity index (χ1v) is 6.23. The van der Waals surface area contributed by atoms with Crippen LogP contribution in [0.5, 0.6) is 0 Å². The van der Waals surface area contributed by atoms with Gasteiger partial charge in [-0.2, -0.15) is 0 Å². The molecule has 0 aliphatic carbocycles. The van der Waals surface area contributed by atoms with Gasteiger partial charge in [-0.05, 0) is 12.0 Å². The van der Waals surface area contributed by atoms with Crippen molar-refractivity contribution in [2.24, 2.45) is 18.9 Å². The zero-order valence-corrected chi connectivity index (χ0v) is 11.3. The number of hydrogen-bond donors (Lipinski definition) is 2. The number of anilines is 1. The van der Waals surface area contributed by atoms with Crippen molar-refractivity contribution in [3.63, 3.8) is 0 Å². The molecule has 1 unspecified atom stereocenters. The molecule has 2 N–H and O–H groups in total. The van der Waals surface area contributed by atoms with Crippen LogP contribution in [0.1, 0.15) is 13.8 Å². The van der Waals surface area contributed by atoms with Crippen molar-refractivity contribution in [1.82, 2.24) is 14.5 Å². The Bertz CT molecular complexity index is 591. The molecule has 2 aromatic heterocycles. The number of nitrogens with one attached hydrogen (secondary N) is 1. The molecule has 102 valence electrons. The molecule has 19 heavy (non-hydrogen) atoms. The molecule has 0 aliphatic heterocycles. The van der Waals surface area contributed by atoms with E-state index < -0.39 is 11.9 Å². The van der Waals surface area contributed by atoms with Crippen LogP contribution in [0.2, 0.25) is 0 Å². The van der Waals surface area contributed by atoms with E-state index in [0.717, 1.165) is 11.0 Å². The number of nitrogens with zero attached hydrogens (tertiary/aromatic N) is 3. The lowest BCUT2D eigenvalue weighted by molar-refractivity contribution is -0.142. The topological polar surface area (TPSA) is 80.0 Å². The minimum atomic E-state index is -0.796. The van der Waals surface area contributed by atoms with Crippen molar-refractivity contribution in [3.8, 4) is 0 Å². The molecule has 0 amide bonds.